The van der Waals surface area contributed by atoms with Crippen LogP contribution < -0.4 is 4.74 Å². The van der Waals surface area contributed by atoms with Gasteiger partial charge < -0.3 is 4.74 Å². The van der Waals surface area contributed by atoms with Gasteiger partial charge in [0.05, 0.1) is 17.9 Å². The van der Waals surface area contributed by atoms with Crippen LogP contribution >= 0.6 is 11.8 Å². The van der Waals surface area contributed by atoms with Gasteiger partial charge in [-0.2, -0.15) is 0 Å². The second kappa shape index (κ2) is 6.09. The van der Waals surface area contributed by atoms with E-state index in [0.29, 0.717) is 12.2 Å². The SMILES string of the molecule is COc1ccc2c(C)cc3nnc(SC4CCCCC4=O)n3c2c1. The third-order valence-electron chi connectivity index (χ3n) is 4.62. The number of Topliss-reactive ketones (excluding diaryl/α,β-unsaturated/α-hetero) is 1. The lowest BCUT2D eigenvalue weighted by Crippen LogP contribution is -2.21. The maximum atomic E-state index is 12.2. The highest BCUT2D eigenvalue weighted by molar-refractivity contribution is 8.00. The normalized spacial score (nSPS) is 18.4. The van der Waals surface area contributed by atoms with Crippen LogP contribution in [0, 0.1) is 6.92 Å². The first-order chi connectivity index (χ1) is 11.7. The van der Waals surface area contributed by atoms with Gasteiger partial charge in [0.25, 0.3) is 0 Å². The lowest BCUT2D eigenvalue weighted by atomic mass is 9.99. The zero-order valence-corrected chi connectivity index (χ0v) is 14.6. The number of rotatable bonds is 3. The first-order valence-corrected chi connectivity index (χ1v) is 9.07. The van der Waals surface area contributed by atoms with Crippen molar-refractivity contribution in [1.29, 1.82) is 0 Å². The molecule has 1 aromatic carbocycles. The molecule has 0 saturated heterocycles. The molecule has 3 aromatic rings. The summed E-state index contributed by atoms with van der Waals surface area (Å²) in [7, 11) is 1.66. The molecule has 0 radical (unpaired) electrons. The predicted octanol–water partition coefficient (Wildman–Crippen LogP) is 3.80. The maximum absolute atomic E-state index is 12.2. The molecule has 1 atom stereocenters. The van der Waals surface area contributed by atoms with Gasteiger partial charge in [-0.25, -0.2) is 0 Å². The smallest absolute Gasteiger partial charge is 0.196 e. The average Bonchev–Trinajstić information content (AvgIpc) is 2.99. The molecular weight excluding hydrogens is 322 g/mol. The minimum absolute atomic E-state index is 0.00638. The number of hydrogen-bond acceptors (Lipinski definition) is 5. The Kier molecular flexibility index (Phi) is 3.92. The van der Waals surface area contributed by atoms with Crippen LogP contribution in [0.25, 0.3) is 16.6 Å². The summed E-state index contributed by atoms with van der Waals surface area (Å²) in [5.41, 5.74) is 2.97. The van der Waals surface area contributed by atoms with Gasteiger partial charge in [-0.3, -0.25) is 9.20 Å². The average molecular weight is 341 g/mol. The molecule has 4 rings (SSSR count). The van der Waals surface area contributed by atoms with Crippen molar-refractivity contribution in [1.82, 2.24) is 14.6 Å². The second-order valence-corrected chi connectivity index (χ2v) is 7.38. The molecule has 1 aliphatic carbocycles. The highest BCUT2D eigenvalue weighted by Gasteiger charge is 2.25. The minimum atomic E-state index is -0.00638. The van der Waals surface area contributed by atoms with E-state index in [-0.39, 0.29) is 5.25 Å². The molecule has 1 saturated carbocycles. The Morgan fingerprint density at radius 1 is 1.25 bits per heavy atom. The Morgan fingerprint density at radius 2 is 2.12 bits per heavy atom. The zero-order chi connectivity index (χ0) is 16.7. The Balaban J connectivity index is 1.87. The first-order valence-electron chi connectivity index (χ1n) is 8.19. The summed E-state index contributed by atoms with van der Waals surface area (Å²) in [5.74, 6) is 1.13. The van der Waals surface area contributed by atoms with Crippen molar-refractivity contribution in [2.24, 2.45) is 0 Å². The van der Waals surface area contributed by atoms with E-state index < -0.39 is 0 Å². The summed E-state index contributed by atoms with van der Waals surface area (Å²) in [4.78, 5) is 12.2. The monoisotopic (exact) mass is 341 g/mol. The Hall–Kier alpha value is -2.08. The molecule has 1 aliphatic rings. The van der Waals surface area contributed by atoms with Gasteiger partial charge >= 0.3 is 0 Å². The Labute approximate surface area is 144 Å². The zero-order valence-electron chi connectivity index (χ0n) is 13.8. The molecule has 24 heavy (non-hydrogen) atoms. The van der Waals surface area contributed by atoms with E-state index in [9.17, 15) is 4.79 Å². The fraction of sp³-hybridized carbons (Fsp3) is 0.389. The van der Waals surface area contributed by atoms with E-state index in [2.05, 4.69) is 23.2 Å². The van der Waals surface area contributed by atoms with Crippen molar-refractivity contribution in [3.63, 3.8) is 0 Å². The fourth-order valence-corrected chi connectivity index (χ4v) is 4.48. The van der Waals surface area contributed by atoms with E-state index >= 15 is 0 Å². The number of benzene rings is 1. The molecule has 1 fully saturated rings. The van der Waals surface area contributed by atoms with E-state index in [1.165, 1.54) is 0 Å². The summed E-state index contributed by atoms with van der Waals surface area (Å²) >= 11 is 1.54. The number of ether oxygens (including phenoxy) is 1. The van der Waals surface area contributed by atoms with Crippen LogP contribution in [0.1, 0.15) is 31.2 Å². The van der Waals surface area contributed by atoms with Crippen molar-refractivity contribution in [3.05, 3.63) is 29.8 Å². The van der Waals surface area contributed by atoms with Gasteiger partial charge in [-0.15, -0.1) is 10.2 Å². The molecule has 2 heterocycles. The van der Waals surface area contributed by atoms with Gasteiger partial charge in [-0.05, 0) is 43.5 Å². The van der Waals surface area contributed by atoms with Crippen LogP contribution in [0.5, 0.6) is 5.75 Å². The number of fused-ring (bicyclic) bond motifs is 3. The molecule has 5 nitrogen and oxygen atoms in total. The minimum Gasteiger partial charge on any atom is -0.497 e. The lowest BCUT2D eigenvalue weighted by molar-refractivity contribution is -0.119. The molecule has 0 spiro atoms. The van der Waals surface area contributed by atoms with Crippen molar-refractivity contribution in [2.45, 2.75) is 43.0 Å². The topological polar surface area (TPSA) is 56.5 Å². The number of pyridine rings is 1. The van der Waals surface area contributed by atoms with Crippen molar-refractivity contribution < 1.29 is 9.53 Å². The van der Waals surface area contributed by atoms with E-state index in [0.717, 1.165) is 52.3 Å². The number of carbonyl (C=O) groups is 1. The van der Waals surface area contributed by atoms with Crippen molar-refractivity contribution >= 4 is 34.1 Å². The van der Waals surface area contributed by atoms with Crippen LogP contribution in [-0.2, 0) is 4.79 Å². The summed E-state index contributed by atoms with van der Waals surface area (Å²) in [5, 5.41) is 10.6. The predicted molar refractivity (Wildman–Crippen MR) is 94.9 cm³/mol. The summed E-state index contributed by atoms with van der Waals surface area (Å²) < 4.78 is 7.42. The van der Waals surface area contributed by atoms with E-state index in [4.69, 9.17) is 4.74 Å². The number of carbonyl (C=O) groups excluding carboxylic acids is 1. The fourth-order valence-electron chi connectivity index (χ4n) is 3.31. The number of methoxy groups -OCH3 is 1. The quantitative estimate of drug-likeness (QED) is 0.725. The van der Waals surface area contributed by atoms with Gasteiger partial charge in [0.15, 0.2) is 10.8 Å². The van der Waals surface area contributed by atoms with Crippen LogP contribution in [0.15, 0.2) is 29.4 Å². The summed E-state index contributed by atoms with van der Waals surface area (Å²) in [6.45, 7) is 2.07. The molecule has 6 heteroatoms. The molecule has 2 aromatic heterocycles. The van der Waals surface area contributed by atoms with Crippen LogP contribution in [0.3, 0.4) is 0 Å². The van der Waals surface area contributed by atoms with Gasteiger partial charge in [0.1, 0.15) is 11.5 Å². The number of hydrogen-bond donors (Lipinski definition) is 0. The Bertz CT molecular complexity index is 935. The second-order valence-electron chi connectivity index (χ2n) is 6.21. The number of thioether (sulfide) groups is 1. The van der Waals surface area contributed by atoms with Crippen molar-refractivity contribution in [2.75, 3.05) is 7.11 Å². The first kappa shape index (κ1) is 15.4. The molecule has 1 unspecified atom stereocenters. The van der Waals surface area contributed by atoms with Gasteiger partial charge in [0.2, 0.25) is 0 Å². The highest BCUT2D eigenvalue weighted by atomic mass is 32.2. The lowest BCUT2D eigenvalue weighted by Gasteiger charge is -2.19. The largest absolute Gasteiger partial charge is 0.497 e. The number of aromatic nitrogens is 3. The Morgan fingerprint density at radius 3 is 2.92 bits per heavy atom. The van der Waals surface area contributed by atoms with Crippen molar-refractivity contribution in [3.8, 4) is 5.75 Å². The molecule has 0 amide bonds. The molecule has 0 N–H and O–H groups in total. The van der Waals surface area contributed by atoms with Crippen LogP contribution in [0.2, 0.25) is 0 Å². The molecule has 0 aliphatic heterocycles. The molecule has 124 valence electrons. The summed E-state index contributed by atoms with van der Waals surface area (Å²) in [6.07, 6.45) is 3.72. The maximum Gasteiger partial charge on any atom is 0.196 e. The molecule has 0 bridgehead atoms. The van der Waals surface area contributed by atoms with Gasteiger partial charge in [-0.1, -0.05) is 18.2 Å². The van der Waals surface area contributed by atoms with E-state index in [1.54, 1.807) is 18.9 Å². The number of nitrogens with zero attached hydrogens (tertiary/aromatic N) is 3. The highest BCUT2D eigenvalue weighted by Crippen LogP contribution is 2.33. The number of ketones is 1. The summed E-state index contributed by atoms with van der Waals surface area (Å²) in [6, 6.07) is 8.06. The third-order valence-corrected chi connectivity index (χ3v) is 5.88. The third kappa shape index (κ3) is 2.55. The van der Waals surface area contributed by atoms with Gasteiger partial charge in [0, 0.05) is 17.9 Å². The van der Waals surface area contributed by atoms with Crippen LogP contribution in [-0.4, -0.2) is 32.7 Å². The van der Waals surface area contributed by atoms with Crippen LogP contribution in [0.4, 0.5) is 0 Å². The standard InChI is InChI=1S/C18H19N3O2S/c1-11-9-17-19-20-18(24-16-6-4-3-5-15(16)22)21(17)14-10-12(23-2)7-8-13(11)14/h7-10,16H,3-6H2,1-2H3. The number of aryl methyl sites for hydroxylation is 1. The van der Waals surface area contributed by atoms with E-state index in [1.807, 2.05) is 22.6 Å². The molecular formula is C18H19N3O2S.